The number of carbonyl (C=O) groups is 1. The van der Waals surface area contributed by atoms with Gasteiger partial charge in [0.1, 0.15) is 11.9 Å². The van der Waals surface area contributed by atoms with Crippen LogP contribution in [-0.4, -0.2) is 19.0 Å². The number of hydrogen-bond donors (Lipinski definition) is 0. The highest BCUT2D eigenvalue weighted by Crippen LogP contribution is 2.64. The van der Waals surface area contributed by atoms with E-state index in [2.05, 4.69) is 13.8 Å². The molecular weight excluding hydrogens is 252 g/mol. The van der Waals surface area contributed by atoms with E-state index in [4.69, 9.17) is 9.47 Å². The van der Waals surface area contributed by atoms with Gasteiger partial charge in [0, 0.05) is 6.42 Å². The normalized spacial score (nSPS) is 30.8. The summed E-state index contributed by atoms with van der Waals surface area (Å²) >= 11 is 0. The molecule has 0 aliphatic heterocycles. The summed E-state index contributed by atoms with van der Waals surface area (Å²) in [7, 11) is 1.65. The molecule has 20 heavy (non-hydrogen) atoms. The van der Waals surface area contributed by atoms with E-state index in [1.807, 2.05) is 24.3 Å². The quantitative estimate of drug-likeness (QED) is 0.845. The lowest BCUT2D eigenvalue weighted by atomic mass is 9.96. The van der Waals surface area contributed by atoms with Gasteiger partial charge in [-0.3, -0.25) is 4.79 Å². The molecule has 0 saturated heterocycles. The van der Waals surface area contributed by atoms with Crippen LogP contribution in [0.1, 0.15) is 32.3 Å². The smallest absolute Gasteiger partial charge is 0.161 e. The minimum Gasteiger partial charge on any atom is -0.497 e. The topological polar surface area (TPSA) is 35.5 Å². The average molecular weight is 274 g/mol. The van der Waals surface area contributed by atoms with Crippen molar-refractivity contribution in [1.29, 1.82) is 0 Å². The first-order chi connectivity index (χ1) is 9.52. The predicted octanol–water partition coefficient (Wildman–Crippen LogP) is 3.22. The van der Waals surface area contributed by atoms with E-state index >= 15 is 0 Å². The molecule has 3 nitrogen and oxygen atoms in total. The van der Waals surface area contributed by atoms with Crippen LogP contribution < -0.4 is 4.74 Å². The zero-order valence-corrected chi connectivity index (χ0v) is 12.4. The molecule has 3 heteroatoms. The second kappa shape index (κ2) is 4.88. The lowest BCUT2D eigenvalue weighted by Crippen LogP contribution is -2.28. The molecule has 3 rings (SSSR count). The summed E-state index contributed by atoms with van der Waals surface area (Å²) in [4.78, 5) is 12.1. The Morgan fingerprint density at radius 2 is 1.90 bits per heavy atom. The van der Waals surface area contributed by atoms with Gasteiger partial charge in [0.15, 0.2) is 5.78 Å². The number of ketones is 1. The number of hydrogen-bond acceptors (Lipinski definition) is 3. The maximum absolute atomic E-state index is 12.1. The van der Waals surface area contributed by atoms with Crippen molar-refractivity contribution in [2.45, 2.75) is 39.4 Å². The van der Waals surface area contributed by atoms with E-state index < -0.39 is 0 Å². The minimum atomic E-state index is -0.208. The van der Waals surface area contributed by atoms with Crippen LogP contribution in [0.15, 0.2) is 24.3 Å². The van der Waals surface area contributed by atoms with Crippen LogP contribution in [0.2, 0.25) is 0 Å². The molecule has 2 fully saturated rings. The molecule has 0 heterocycles. The van der Waals surface area contributed by atoms with E-state index in [9.17, 15) is 4.79 Å². The molecule has 0 bridgehead atoms. The first-order valence-electron chi connectivity index (χ1n) is 7.29. The van der Waals surface area contributed by atoms with Gasteiger partial charge in [0.2, 0.25) is 0 Å². The molecule has 108 valence electrons. The molecule has 0 radical (unpaired) electrons. The Bertz CT molecular complexity index is 503. The summed E-state index contributed by atoms with van der Waals surface area (Å²) in [5.74, 6) is 2.38. The lowest BCUT2D eigenvalue weighted by Gasteiger charge is -2.20. The summed E-state index contributed by atoms with van der Waals surface area (Å²) in [6, 6.07) is 7.80. The van der Waals surface area contributed by atoms with Crippen LogP contribution in [0.5, 0.6) is 5.75 Å². The van der Waals surface area contributed by atoms with Crippen molar-refractivity contribution in [3.63, 3.8) is 0 Å². The second-order valence-corrected chi connectivity index (χ2v) is 6.59. The zero-order valence-electron chi connectivity index (χ0n) is 12.4. The largest absolute Gasteiger partial charge is 0.497 e. The van der Waals surface area contributed by atoms with Crippen LogP contribution in [0.3, 0.4) is 0 Å². The Balaban J connectivity index is 1.57. The Labute approximate surface area is 120 Å². The number of rotatable bonds is 4. The zero-order chi connectivity index (χ0) is 14.3. The van der Waals surface area contributed by atoms with Gasteiger partial charge in [0.05, 0.1) is 13.7 Å². The van der Waals surface area contributed by atoms with Crippen LogP contribution in [0.25, 0.3) is 0 Å². The van der Waals surface area contributed by atoms with Crippen molar-refractivity contribution < 1.29 is 14.3 Å². The maximum Gasteiger partial charge on any atom is 0.161 e. The molecule has 0 spiro atoms. The van der Waals surface area contributed by atoms with Gasteiger partial charge >= 0.3 is 0 Å². The van der Waals surface area contributed by atoms with Gasteiger partial charge in [0.25, 0.3) is 0 Å². The minimum absolute atomic E-state index is 0.208. The highest BCUT2D eigenvalue weighted by atomic mass is 16.5. The number of carbonyl (C=O) groups excluding carboxylic acids is 1. The second-order valence-electron chi connectivity index (χ2n) is 6.59. The van der Waals surface area contributed by atoms with Gasteiger partial charge in [-0.2, -0.15) is 0 Å². The predicted molar refractivity (Wildman–Crippen MR) is 76.6 cm³/mol. The van der Waals surface area contributed by atoms with Crippen molar-refractivity contribution in [1.82, 2.24) is 0 Å². The molecule has 2 aliphatic rings. The third-order valence-electron chi connectivity index (χ3n) is 5.15. The summed E-state index contributed by atoms with van der Waals surface area (Å²) in [6.07, 6.45) is 1.39. The van der Waals surface area contributed by atoms with E-state index in [1.165, 1.54) is 0 Å². The fourth-order valence-corrected chi connectivity index (χ4v) is 3.52. The third-order valence-corrected chi connectivity index (χ3v) is 5.15. The monoisotopic (exact) mass is 274 g/mol. The number of ether oxygens (including phenoxy) is 2. The summed E-state index contributed by atoms with van der Waals surface area (Å²) in [6.45, 7) is 5.03. The highest BCUT2D eigenvalue weighted by Gasteiger charge is 2.61. The molecule has 1 aromatic carbocycles. The molecule has 0 aromatic heterocycles. The molecule has 2 saturated carbocycles. The van der Waals surface area contributed by atoms with E-state index in [1.54, 1.807) is 7.11 Å². The Morgan fingerprint density at radius 1 is 1.20 bits per heavy atom. The van der Waals surface area contributed by atoms with Gasteiger partial charge in [-0.15, -0.1) is 0 Å². The van der Waals surface area contributed by atoms with Crippen molar-refractivity contribution in [3.8, 4) is 5.75 Å². The van der Waals surface area contributed by atoms with Crippen molar-refractivity contribution in [2.24, 2.45) is 17.3 Å². The van der Waals surface area contributed by atoms with Crippen LogP contribution in [0, 0.1) is 17.3 Å². The third kappa shape index (κ3) is 2.35. The molecule has 3 atom stereocenters. The fourth-order valence-electron chi connectivity index (χ4n) is 3.52. The van der Waals surface area contributed by atoms with Gasteiger partial charge in [-0.25, -0.2) is 0 Å². The SMILES string of the molecule is COc1ccc(CO[C@@H]2C[C@@H]3[C@H](CC2=O)C3(C)C)cc1. The highest BCUT2D eigenvalue weighted by molar-refractivity contribution is 5.85. The number of methoxy groups -OCH3 is 1. The Morgan fingerprint density at radius 3 is 2.55 bits per heavy atom. The van der Waals surface area contributed by atoms with E-state index in [-0.39, 0.29) is 11.9 Å². The standard InChI is InChI=1S/C17H22O3/c1-17(2)13-8-15(18)16(9-14(13)17)20-10-11-4-6-12(19-3)7-5-11/h4-7,13-14,16H,8-10H2,1-3H3/t13-,14+,16+/m0/s1. The van der Waals surface area contributed by atoms with Gasteiger partial charge in [-0.05, 0) is 41.4 Å². The van der Waals surface area contributed by atoms with Crippen LogP contribution >= 0.6 is 0 Å². The van der Waals surface area contributed by atoms with Gasteiger partial charge in [-0.1, -0.05) is 26.0 Å². The average Bonchev–Trinajstić information content (AvgIpc) is 2.97. The fraction of sp³-hybridized carbons (Fsp3) is 0.588. The molecule has 0 amide bonds. The first-order valence-corrected chi connectivity index (χ1v) is 7.29. The van der Waals surface area contributed by atoms with E-state index in [0.717, 1.165) is 17.7 Å². The number of Topliss-reactive ketones (excluding diaryl/α,β-unsaturated/α-hetero) is 1. The van der Waals surface area contributed by atoms with Crippen molar-refractivity contribution in [2.75, 3.05) is 7.11 Å². The van der Waals surface area contributed by atoms with Crippen molar-refractivity contribution >= 4 is 5.78 Å². The number of benzene rings is 1. The van der Waals surface area contributed by atoms with Gasteiger partial charge < -0.3 is 9.47 Å². The summed E-state index contributed by atoms with van der Waals surface area (Å²) in [5, 5.41) is 0. The molecule has 2 aliphatic carbocycles. The Kier molecular flexibility index (Phi) is 3.33. The first kappa shape index (κ1) is 13.6. The maximum atomic E-state index is 12.1. The molecule has 0 unspecified atom stereocenters. The summed E-state index contributed by atoms with van der Waals surface area (Å²) in [5.41, 5.74) is 1.42. The molecule has 1 aromatic rings. The molecular formula is C17H22O3. The number of fused-ring (bicyclic) bond motifs is 1. The van der Waals surface area contributed by atoms with Crippen molar-refractivity contribution in [3.05, 3.63) is 29.8 Å². The van der Waals surface area contributed by atoms with Crippen LogP contribution in [-0.2, 0) is 16.1 Å². The lowest BCUT2D eigenvalue weighted by molar-refractivity contribution is -0.134. The van der Waals surface area contributed by atoms with E-state index in [0.29, 0.717) is 30.3 Å². The van der Waals surface area contributed by atoms with Crippen LogP contribution in [0.4, 0.5) is 0 Å². The Hall–Kier alpha value is -1.35. The summed E-state index contributed by atoms with van der Waals surface area (Å²) < 4.78 is 11.0. The molecule has 0 N–H and O–H groups in total.